The average molecular weight is 417 g/mol. The topological polar surface area (TPSA) is 49.3 Å². The molecule has 0 unspecified atom stereocenters. The number of carbonyl (C=O) groups excluding carboxylic acids is 1. The second-order valence-electron chi connectivity index (χ2n) is 6.93. The quantitative estimate of drug-likeness (QED) is 0.681. The van der Waals surface area contributed by atoms with Gasteiger partial charge < -0.3 is 10.4 Å². The first kappa shape index (κ1) is 21.2. The molecule has 2 N–H and O–H groups in total. The Labute approximate surface area is 162 Å². The lowest BCUT2D eigenvalue weighted by Crippen LogP contribution is -2.53. The van der Waals surface area contributed by atoms with E-state index in [1.807, 2.05) is 6.07 Å². The van der Waals surface area contributed by atoms with Crippen LogP contribution in [-0.4, -0.2) is 23.4 Å². The van der Waals surface area contributed by atoms with E-state index in [0.29, 0.717) is 17.7 Å². The van der Waals surface area contributed by atoms with E-state index in [9.17, 15) is 36.2 Å². The van der Waals surface area contributed by atoms with E-state index in [1.165, 1.54) is 0 Å². The molecule has 0 heterocycles. The van der Waals surface area contributed by atoms with Crippen LogP contribution in [0.15, 0.2) is 42.5 Å². The molecule has 0 radical (unpaired) electrons. The molecular formula is C20H17F6NO2. The Balaban J connectivity index is 1.81. The minimum Gasteiger partial charge on any atom is -0.369 e. The summed E-state index contributed by atoms with van der Waals surface area (Å²) < 4.78 is 77.5. The summed E-state index contributed by atoms with van der Waals surface area (Å²) in [6.45, 7) is 0. The summed E-state index contributed by atoms with van der Waals surface area (Å²) in [6, 6.07) is 7.96. The molecule has 0 bridgehead atoms. The van der Waals surface area contributed by atoms with Crippen LogP contribution in [0, 0.1) is 0 Å². The molecular weight excluding hydrogens is 400 g/mol. The maximum atomic E-state index is 12.9. The zero-order chi connectivity index (χ0) is 21.4. The first-order valence-corrected chi connectivity index (χ1v) is 8.83. The Morgan fingerprint density at radius 2 is 1.38 bits per heavy atom. The number of rotatable bonds is 3. The van der Waals surface area contributed by atoms with E-state index in [2.05, 4.69) is 5.32 Å². The van der Waals surface area contributed by atoms with Crippen LogP contribution in [0.3, 0.4) is 0 Å². The number of benzene rings is 2. The van der Waals surface area contributed by atoms with E-state index in [-0.39, 0.29) is 5.69 Å². The van der Waals surface area contributed by atoms with Crippen molar-refractivity contribution in [2.24, 2.45) is 0 Å². The highest BCUT2D eigenvalue weighted by Gasteiger charge is 2.71. The van der Waals surface area contributed by atoms with E-state index < -0.39 is 29.4 Å². The molecule has 3 rings (SSSR count). The number of amides is 1. The molecule has 0 atom stereocenters. The van der Waals surface area contributed by atoms with Gasteiger partial charge in [-0.3, -0.25) is 4.79 Å². The van der Waals surface area contributed by atoms with Crippen molar-refractivity contribution in [3.8, 4) is 0 Å². The van der Waals surface area contributed by atoms with Crippen LogP contribution in [0.2, 0.25) is 0 Å². The van der Waals surface area contributed by atoms with Gasteiger partial charge in [-0.15, -0.1) is 0 Å². The number of fused-ring (bicyclic) bond motifs is 1. The molecule has 2 aromatic carbocycles. The summed E-state index contributed by atoms with van der Waals surface area (Å²) in [4.78, 5) is 12.4. The Morgan fingerprint density at radius 1 is 0.828 bits per heavy atom. The summed E-state index contributed by atoms with van der Waals surface area (Å²) in [6.07, 6.45) is -8.05. The minimum atomic E-state index is -5.96. The van der Waals surface area contributed by atoms with Crippen LogP contribution in [0.4, 0.5) is 32.0 Å². The van der Waals surface area contributed by atoms with Crippen molar-refractivity contribution in [3.05, 3.63) is 64.7 Å². The molecule has 0 spiro atoms. The second kappa shape index (κ2) is 7.37. The van der Waals surface area contributed by atoms with Gasteiger partial charge in [-0.1, -0.05) is 18.2 Å². The largest absolute Gasteiger partial charge is 0.430 e. The number of alkyl halides is 6. The predicted molar refractivity (Wildman–Crippen MR) is 93.5 cm³/mol. The van der Waals surface area contributed by atoms with Gasteiger partial charge in [0.1, 0.15) is 0 Å². The number of hydrogen-bond acceptors (Lipinski definition) is 2. The Kier molecular flexibility index (Phi) is 5.38. The number of hydrogen-bond donors (Lipinski definition) is 2. The van der Waals surface area contributed by atoms with Crippen molar-refractivity contribution in [1.29, 1.82) is 0 Å². The maximum Gasteiger partial charge on any atom is 0.430 e. The van der Waals surface area contributed by atoms with Gasteiger partial charge in [0, 0.05) is 16.8 Å². The van der Waals surface area contributed by atoms with E-state index >= 15 is 0 Å². The van der Waals surface area contributed by atoms with Crippen LogP contribution in [0.1, 0.15) is 39.9 Å². The molecule has 2 aromatic rings. The number of aryl methyl sites for hydroxylation is 2. The Bertz CT molecular complexity index is 889. The minimum absolute atomic E-state index is 0.00293. The van der Waals surface area contributed by atoms with Crippen LogP contribution in [0.25, 0.3) is 0 Å². The zero-order valence-electron chi connectivity index (χ0n) is 15.0. The third-order valence-corrected chi connectivity index (χ3v) is 4.99. The molecule has 0 aromatic heterocycles. The highest BCUT2D eigenvalue weighted by Crippen LogP contribution is 2.50. The molecule has 0 saturated carbocycles. The van der Waals surface area contributed by atoms with Gasteiger partial charge in [0.25, 0.3) is 11.5 Å². The Hall–Kier alpha value is -2.55. The van der Waals surface area contributed by atoms with E-state index in [0.717, 1.165) is 48.9 Å². The average Bonchev–Trinajstić information content (AvgIpc) is 2.65. The standard InChI is InChI=1S/C20H17F6NO2/c21-19(22,23)18(29,20(24,25)26)15-7-9-16(10-8-15)27-17(28)14-6-5-12-3-1-2-4-13(12)11-14/h5-11,29H,1-4H2,(H,27,28). The lowest BCUT2D eigenvalue weighted by atomic mass is 9.90. The molecule has 0 aliphatic heterocycles. The number of carbonyl (C=O) groups is 1. The van der Waals surface area contributed by atoms with Crippen molar-refractivity contribution in [1.82, 2.24) is 0 Å². The summed E-state index contributed by atoms with van der Waals surface area (Å²) >= 11 is 0. The molecule has 9 heteroatoms. The van der Waals surface area contributed by atoms with Crippen LogP contribution in [-0.2, 0) is 18.4 Å². The lowest BCUT2D eigenvalue weighted by molar-refractivity contribution is -0.376. The second-order valence-corrected chi connectivity index (χ2v) is 6.93. The molecule has 1 aliphatic rings. The van der Waals surface area contributed by atoms with Crippen LogP contribution < -0.4 is 5.32 Å². The van der Waals surface area contributed by atoms with E-state index in [1.54, 1.807) is 12.1 Å². The molecule has 3 nitrogen and oxygen atoms in total. The van der Waals surface area contributed by atoms with Crippen molar-refractivity contribution in [2.75, 3.05) is 5.32 Å². The van der Waals surface area contributed by atoms with Crippen LogP contribution >= 0.6 is 0 Å². The summed E-state index contributed by atoms with van der Waals surface area (Å²) in [7, 11) is 0. The van der Waals surface area contributed by atoms with Gasteiger partial charge in [0.2, 0.25) is 0 Å². The molecule has 0 saturated heterocycles. The van der Waals surface area contributed by atoms with Crippen molar-refractivity contribution in [2.45, 2.75) is 43.6 Å². The van der Waals surface area contributed by atoms with E-state index in [4.69, 9.17) is 0 Å². The molecule has 156 valence electrons. The number of aliphatic hydroxyl groups is 1. The maximum absolute atomic E-state index is 12.9. The van der Waals surface area contributed by atoms with Crippen molar-refractivity contribution >= 4 is 11.6 Å². The van der Waals surface area contributed by atoms with Gasteiger partial charge in [-0.2, -0.15) is 26.3 Å². The first-order valence-electron chi connectivity index (χ1n) is 8.83. The first-order chi connectivity index (χ1) is 13.4. The third kappa shape index (κ3) is 3.96. The van der Waals surface area contributed by atoms with Gasteiger partial charge in [-0.05, 0) is 61.1 Å². The zero-order valence-corrected chi connectivity index (χ0v) is 15.0. The predicted octanol–water partition coefficient (Wildman–Crippen LogP) is 5.13. The summed E-state index contributed by atoms with van der Waals surface area (Å²) in [5, 5.41) is 11.8. The summed E-state index contributed by atoms with van der Waals surface area (Å²) in [5.74, 6) is -0.534. The normalized spacial score (nSPS) is 15.0. The van der Waals surface area contributed by atoms with Gasteiger partial charge in [-0.25, -0.2) is 0 Å². The fourth-order valence-corrected chi connectivity index (χ4v) is 3.36. The number of halogens is 6. The molecule has 1 aliphatic carbocycles. The fourth-order valence-electron chi connectivity index (χ4n) is 3.36. The van der Waals surface area contributed by atoms with Crippen molar-refractivity contribution < 1.29 is 36.2 Å². The van der Waals surface area contributed by atoms with Crippen molar-refractivity contribution in [3.63, 3.8) is 0 Å². The van der Waals surface area contributed by atoms with Gasteiger partial charge in [0.05, 0.1) is 0 Å². The lowest BCUT2D eigenvalue weighted by Gasteiger charge is -2.32. The number of nitrogens with one attached hydrogen (secondary N) is 1. The van der Waals surface area contributed by atoms with Gasteiger partial charge in [0.15, 0.2) is 0 Å². The molecule has 0 fully saturated rings. The third-order valence-electron chi connectivity index (χ3n) is 4.99. The highest BCUT2D eigenvalue weighted by molar-refractivity contribution is 6.04. The summed E-state index contributed by atoms with van der Waals surface area (Å²) in [5.41, 5.74) is -3.82. The monoisotopic (exact) mass is 417 g/mol. The van der Waals surface area contributed by atoms with Gasteiger partial charge >= 0.3 is 12.4 Å². The highest BCUT2D eigenvalue weighted by atomic mass is 19.4. The SMILES string of the molecule is O=C(Nc1ccc(C(O)(C(F)(F)F)C(F)(F)F)cc1)c1ccc2c(c1)CCCC2. The molecule has 29 heavy (non-hydrogen) atoms. The fraction of sp³-hybridized carbons (Fsp3) is 0.350. The number of anilines is 1. The smallest absolute Gasteiger partial charge is 0.369 e. The van der Waals surface area contributed by atoms with Crippen LogP contribution in [0.5, 0.6) is 0 Å². The molecule has 1 amide bonds. The Morgan fingerprint density at radius 3 is 1.93 bits per heavy atom.